The molecule has 34 heavy (non-hydrogen) atoms. The van der Waals surface area contributed by atoms with Crippen LogP contribution in [0, 0.1) is 17.8 Å². The van der Waals surface area contributed by atoms with Crippen molar-refractivity contribution < 1.29 is 24.3 Å². The van der Waals surface area contributed by atoms with E-state index >= 15 is 0 Å². The molecule has 196 valence electrons. The van der Waals surface area contributed by atoms with Crippen LogP contribution < -0.4 is 33.2 Å². The highest BCUT2D eigenvalue weighted by molar-refractivity contribution is 5.94. The number of guanidine groups is 1. The molecule has 0 radical (unpaired) electrons. The average Bonchev–Trinajstić information content (AvgIpc) is 2.75. The number of aliphatic carboxylic acids is 1. The van der Waals surface area contributed by atoms with Gasteiger partial charge in [0, 0.05) is 6.54 Å². The number of rotatable bonds is 15. The molecular formula is C22H43N7O5. The summed E-state index contributed by atoms with van der Waals surface area (Å²) in [5.41, 5.74) is 16.6. The molecule has 0 fully saturated rings. The summed E-state index contributed by atoms with van der Waals surface area (Å²) < 4.78 is 0. The number of hydrogen-bond acceptors (Lipinski definition) is 6. The molecule has 0 aliphatic heterocycles. The second-order valence-electron chi connectivity index (χ2n) is 9.22. The number of aliphatic imine (C=N–C) groups is 1. The van der Waals surface area contributed by atoms with Gasteiger partial charge in [-0.05, 0) is 30.6 Å². The molecule has 0 aliphatic rings. The summed E-state index contributed by atoms with van der Waals surface area (Å²) in [5, 5.41) is 17.3. The van der Waals surface area contributed by atoms with Crippen LogP contribution in [0.5, 0.6) is 0 Å². The van der Waals surface area contributed by atoms with Crippen molar-refractivity contribution in [1.29, 1.82) is 0 Å². The maximum absolute atomic E-state index is 13.2. The van der Waals surface area contributed by atoms with Crippen LogP contribution in [0.15, 0.2) is 4.99 Å². The van der Waals surface area contributed by atoms with E-state index in [0.29, 0.717) is 12.8 Å². The summed E-state index contributed by atoms with van der Waals surface area (Å²) >= 11 is 0. The van der Waals surface area contributed by atoms with Gasteiger partial charge in [0.2, 0.25) is 17.7 Å². The van der Waals surface area contributed by atoms with Gasteiger partial charge in [0.15, 0.2) is 5.96 Å². The van der Waals surface area contributed by atoms with Crippen molar-refractivity contribution in [3.8, 4) is 0 Å². The molecule has 0 heterocycles. The third-order valence-electron chi connectivity index (χ3n) is 5.62. The van der Waals surface area contributed by atoms with Crippen molar-refractivity contribution in [3.63, 3.8) is 0 Å². The highest BCUT2D eigenvalue weighted by atomic mass is 16.4. The maximum atomic E-state index is 13.2. The predicted molar refractivity (Wildman–Crippen MR) is 130 cm³/mol. The molecule has 12 nitrogen and oxygen atoms in total. The number of carboxylic acids is 1. The van der Waals surface area contributed by atoms with E-state index in [1.54, 1.807) is 34.6 Å². The number of carbonyl (C=O) groups excluding carboxylic acids is 3. The SMILES string of the molecule is CCC(C)C(NC(=O)C(N)C(C)C)C(=O)NC(CCCN=C(N)N)C(=O)NC(C(=O)O)C(C)C. The van der Waals surface area contributed by atoms with E-state index in [9.17, 15) is 24.3 Å². The van der Waals surface area contributed by atoms with Gasteiger partial charge in [-0.25, -0.2) is 4.79 Å². The summed E-state index contributed by atoms with van der Waals surface area (Å²) in [7, 11) is 0. The number of hydrogen-bond donors (Lipinski definition) is 7. The Labute approximate surface area is 201 Å². The lowest BCUT2D eigenvalue weighted by Crippen LogP contribution is -2.59. The molecule has 0 saturated heterocycles. The Morgan fingerprint density at radius 1 is 0.853 bits per heavy atom. The molecule has 0 saturated carbocycles. The molecule has 0 spiro atoms. The molecule has 0 aliphatic carbocycles. The summed E-state index contributed by atoms with van der Waals surface area (Å²) in [4.78, 5) is 54.0. The van der Waals surface area contributed by atoms with E-state index in [-0.39, 0.29) is 36.7 Å². The lowest BCUT2D eigenvalue weighted by Gasteiger charge is -2.28. The van der Waals surface area contributed by atoms with E-state index in [1.807, 2.05) is 6.92 Å². The van der Waals surface area contributed by atoms with Gasteiger partial charge < -0.3 is 38.3 Å². The first kappa shape index (κ1) is 31.1. The molecule has 0 rings (SSSR count). The molecule has 5 atom stereocenters. The fraction of sp³-hybridized carbons (Fsp3) is 0.773. The van der Waals surface area contributed by atoms with Crippen LogP contribution in [0.2, 0.25) is 0 Å². The van der Waals surface area contributed by atoms with Crippen LogP contribution in [-0.4, -0.2) is 65.5 Å². The van der Waals surface area contributed by atoms with Gasteiger partial charge in [-0.3, -0.25) is 19.4 Å². The summed E-state index contributed by atoms with van der Waals surface area (Å²) in [6, 6.07) is -3.89. The smallest absolute Gasteiger partial charge is 0.326 e. The van der Waals surface area contributed by atoms with Gasteiger partial charge >= 0.3 is 5.97 Å². The number of nitrogens with zero attached hydrogens (tertiary/aromatic N) is 1. The topological polar surface area (TPSA) is 215 Å². The van der Waals surface area contributed by atoms with Crippen molar-refractivity contribution in [1.82, 2.24) is 16.0 Å². The van der Waals surface area contributed by atoms with Gasteiger partial charge in [-0.1, -0.05) is 48.0 Å². The standard InChI is InChI=1S/C22H43N7O5/c1-7-13(6)17(29-19(31)15(23)11(2)3)20(32)27-14(9-8-10-26-22(24)25)18(30)28-16(12(4)5)21(33)34/h11-17H,7-10,23H2,1-6H3,(H,27,32)(H,28,30)(H,29,31)(H,33,34)(H4,24,25,26). The van der Waals surface area contributed by atoms with E-state index in [4.69, 9.17) is 17.2 Å². The van der Waals surface area contributed by atoms with Gasteiger partial charge in [0.25, 0.3) is 0 Å². The summed E-state index contributed by atoms with van der Waals surface area (Å²) in [6.45, 7) is 10.8. The second kappa shape index (κ2) is 15.1. The quantitative estimate of drug-likeness (QED) is 0.0888. The molecule has 3 amide bonds. The fourth-order valence-corrected chi connectivity index (χ4v) is 3.06. The van der Waals surface area contributed by atoms with Crippen LogP contribution in [-0.2, 0) is 19.2 Å². The minimum Gasteiger partial charge on any atom is -0.480 e. The third kappa shape index (κ3) is 10.8. The van der Waals surface area contributed by atoms with Crippen molar-refractivity contribution in [2.24, 2.45) is 39.9 Å². The maximum Gasteiger partial charge on any atom is 0.326 e. The molecule has 0 aromatic rings. The van der Waals surface area contributed by atoms with Crippen molar-refractivity contribution >= 4 is 29.7 Å². The second-order valence-corrected chi connectivity index (χ2v) is 9.22. The van der Waals surface area contributed by atoms with E-state index in [2.05, 4.69) is 20.9 Å². The van der Waals surface area contributed by atoms with Crippen molar-refractivity contribution in [2.75, 3.05) is 6.54 Å². The van der Waals surface area contributed by atoms with Crippen LogP contribution in [0.3, 0.4) is 0 Å². The average molecular weight is 486 g/mol. The largest absolute Gasteiger partial charge is 0.480 e. The van der Waals surface area contributed by atoms with E-state index in [0.717, 1.165) is 0 Å². The highest BCUT2D eigenvalue weighted by Crippen LogP contribution is 2.11. The molecular weight excluding hydrogens is 442 g/mol. The molecule has 0 aromatic carbocycles. The van der Waals surface area contributed by atoms with Gasteiger partial charge in [-0.2, -0.15) is 0 Å². The van der Waals surface area contributed by atoms with Crippen LogP contribution in [0.1, 0.15) is 60.8 Å². The minimum atomic E-state index is -1.18. The minimum absolute atomic E-state index is 0.100. The van der Waals surface area contributed by atoms with Crippen molar-refractivity contribution in [2.45, 2.75) is 85.0 Å². The molecule has 5 unspecified atom stereocenters. The Hall–Kier alpha value is -2.89. The Kier molecular flexibility index (Phi) is 13.8. The van der Waals surface area contributed by atoms with E-state index < -0.39 is 47.9 Å². The van der Waals surface area contributed by atoms with Crippen molar-refractivity contribution in [3.05, 3.63) is 0 Å². The first-order chi connectivity index (χ1) is 15.7. The summed E-state index contributed by atoms with van der Waals surface area (Å²) in [6.07, 6.45) is 1.10. The molecule has 12 heteroatoms. The molecule has 0 aromatic heterocycles. The monoisotopic (exact) mass is 485 g/mol. The number of amides is 3. The molecule has 0 bridgehead atoms. The highest BCUT2D eigenvalue weighted by Gasteiger charge is 2.33. The van der Waals surface area contributed by atoms with Crippen LogP contribution >= 0.6 is 0 Å². The zero-order valence-electron chi connectivity index (χ0n) is 21.1. The number of carbonyl (C=O) groups is 4. The predicted octanol–water partition coefficient (Wildman–Crippen LogP) is -0.736. The zero-order chi connectivity index (χ0) is 26.6. The normalized spacial score (nSPS) is 15.6. The Morgan fingerprint density at radius 3 is 1.85 bits per heavy atom. The van der Waals surface area contributed by atoms with Gasteiger partial charge in [0.05, 0.1) is 6.04 Å². The lowest BCUT2D eigenvalue weighted by atomic mass is 9.96. The first-order valence-corrected chi connectivity index (χ1v) is 11.7. The van der Waals surface area contributed by atoms with Gasteiger partial charge in [-0.15, -0.1) is 0 Å². The summed E-state index contributed by atoms with van der Waals surface area (Å²) in [5.74, 6) is -3.68. The van der Waals surface area contributed by atoms with Crippen LogP contribution in [0.4, 0.5) is 0 Å². The fourth-order valence-electron chi connectivity index (χ4n) is 3.06. The lowest BCUT2D eigenvalue weighted by molar-refractivity contribution is -0.143. The molecule has 10 N–H and O–H groups in total. The van der Waals surface area contributed by atoms with E-state index in [1.165, 1.54) is 0 Å². The Morgan fingerprint density at radius 2 is 1.41 bits per heavy atom. The Balaban J connectivity index is 5.67. The zero-order valence-corrected chi connectivity index (χ0v) is 21.1. The first-order valence-electron chi connectivity index (χ1n) is 11.7. The van der Waals surface area contributed by atoms with Gasteiger partial charge in [0.1, 0.15) is 18.1 Å². The number of nitrogens with one attached hydrogen (secondary N) is 3. The van der Waals surface area contributed by atoms with Crippen LogP contribution in [0.25, 0.3) is 0 Å². The third-order valence-corrected chi connectivity index (χ3v) is 5.62. The Bertz CT molecular complexity index is 722. The number of carboxylic acid groups (broad SMARTS) is 1. The number of nitrogens with two attached hydrogens (primary N) is 3.